The molecule has 0 unspecified atom stereocenters. The summed E-state index contributed by atoms with van der Waals surface area (Å²) < 4.78 is 15.5. The standard InChI is InChI=1S/C18H18N4O5/c1-25-14-5-3-13(4-6-14)21-18(24)19-10-17(23)22-20-9-12-2-7-15-16(8-12)27-11-26-15/h2-9H,10-11H2,1H3,(H,22,23)(H2,19,21,24)/b20-9-. The first-order valence-corrected chi connectivity index (χ1v) is 8.04. The van der Waals surface area contributed by atoms with Crippen LogP contribution < -0.4 is 30.3 Å². The van der Waals surface area contributed by atoms with E-state index >= 15 is 0 Å². The van der Waals surface area contributed by atoms with Gasteiger partial charge in [0.2, 0.25) is 6.79 Å². The Morgan fingerprint density at radius 1 is 1.15 bits per heavy atom. The summed E-state index contributed by atoms with van der Waals surface area (Å²) in [5, 5.41) is 8.88. The number of hydrogen-bond donors (Lipinski definition) is 3. The van der Waals surface area contributed by atoms with Gasteiger partial charge in [0.05, 0.1) is 13.3 Å². The van der Waals surface area contributed by atoms with Crippen molar-refractivity contribution >= 4 is 23.8 Å². The lowest BCUT2D eigenvalue weighted by Crippen LogP contribution is -2.37. The van der Waals surface area contributed by atoms with Crippen LogP contribution >= 0.6 is 0 Å². The first-order chi connectivity index (χ1) is 13.1. The molecule has 9 nitrogen and oxygen atoms in total. The minimum atomic E-state index is -0.505. The highest BCUT2D eigenvalue weighted by molar-refractivity contribution is 5.92. The van der Waals surface area contributed by atoms with Crippen LogP contribution in [0.3, 0.4) is 0 Å². The van der Waals surface area contributed by atoms with Gasteiger partial charge in [0.25, 0.3) is 5.91 Å². The highest BCUT2D eigenvalue weighted by Gasteiger charge is 2.12. The van der Waals surface area contributed by atoms with Gasteiger partial charge in [-0.2, -0.15) is 5.10 Å². The average molecular weight is 370 g/mol. The second kappa shape index (κ2) is 8.56. The summed E-state index contributed by atoms with van der Waals surface area (Å²) >= 11 is 0. The predicted molar refractivity (Wildman–Crippen MR) is 98.3 cm³/mol. The minimum absolute atomic E-state index is 0.191. The third-order valence-corrected chi connectivity index (χ3v) is 3.56. The Kier molecular flexibility index (Phi) is 5.73. The maximum Gasteiger partial charge on any atom is 0.319 e. The summed E-state index contributed by atoms with van der Waals surface area (Å²) in [6.07, 6.45) is 1.47. The number of methoxy groups -OCH3 is 1. The van der Waals surface area contributed by atoms with E-state index in [1.165, 1.54) is 6.21 Å². The summed E-state index contributed by atoms with van der Waals surface area (Å²) in [4.78, 5) is 23.5. The number of carbonyl (C=O) groups excluding carboxylic acids is 2. The SMILES string of the molecule is COc1ccc(NC(=O)NCC(=O)N/N=C\c2ccc3c(c2)OCO3)cc1. The Balaban J connectivity index is 1.40. The number of carbonyl (C=O) groups is 2. The zero-order chi connectivity index (χ0) is 19.1. The minimum Gasteiger partial charge on any atom is -0.497 e. The first kappa shape index (κ1) is 18.1. The van der Waals surface area contributed by atoms with Crippen molar-refractivity contribution in [1.82, 2.24) is 10.7 Å². The molecule has 3 rings (SSSR count). The zero-order valence-corrected chi connectivity index (χ0v) is 14.5. The summed E-state index contributed by atoms with van der Waals surface area (Å²) in [7, 11) is 1.56. The molecule has 9 heteroatoms. The van der Waals surface area contributed by atoms with Crippen molar-refractivity contribution in [3.05, 3.63) is 48.0 Å². The van der Waals surface area contributed by atoms with Gasteiger partial charge in [-0.1, -0.05) is 0 Å². The fourth-order valence-electron chi connectivity index (χ4n) is 2.22. The molecular formula is C18H18N4O5. The van der Waals surface area contributed by atoms with Crippen molar-refractivity contribution in [1.29, 1.82) is 0 Å². The maximum absolute atomic E-state index is 11.8. The third-order valence-electron chi connectivity index (χ3n) is 3.56. The monoisotopic (exact) mass is 370 g/mol. The summed E-state index contributed by atoms with van der Waals surface area (Å²) in [5.41, 5.74) is 3.65. The van der Waals surface area contributed by atoms with Crippen LogP contribution in [0.2, 0.25) is 0 Å². The molecule has 3 N–H and O–H groups in total. The normalized spacial score (nSPS) is 11.9. The second-order valence-electron chi connectivity index (χ2n) is 5.44. The van der Waals surface area contributed by atoms with E-state index in [-0.39, 0.29) is 13.3 Å². The van der Waals surface area contributed by atoms with Crippen molar-refractivity contribution in [2.45, 2.75) is 0 Å². The molecule has 0 saturated carbocycles. The van der Waals surface area contributed by atoms with Gasteiger partial charge >= 0.3 is 6.03 Å². The quantitative estimate of drug-likeness (QED) is 0.529. The topological polar surface area (TPSA) is 110 Å². The molecule has 0 spiro atoms. The van der Waals surface area contributed by atoms with E-state index in [0.29, 0.717) is 22.9 Å². The molecule has 0 radical (unpaired) electrons. The lowest BCUT2D eigenvalue weighted by Gasteiger charge is -2.07. The molecule has 140 valence electrons. The van der Waals surface area contributed by atoms with E-state index in [0.717, 1.165) is 5.56 Å². The summed E-state index contributed by atoms with van der Waals surface area (Å²) in [6.45, 7) is -0.0304. The van der Waals surface area contributed by atoms with E-state index in [1.807, 2.05) is 0 Å². The van der Waals surface area contributed by atoms with Gasteiger partial charge in [-0.3, -0.25) is 4.79 Å². The van der Waals surface area contributed by atoms with Gasteiger partial charge in [0, 0.05) is 5.69 Å². The number of hydrogen-bond acceptors (Lipinski definition) is 6. The molecule has 3 amide bonds. The number of ether oxygens (including phenoxy) is 3. The smallest absolute Gasteiger partial charge is 0.319 e. The van der Waals surface area contributed by atoms with Gasteiger partial charge < -0.3 is 24.8 Å². The molecule has 0 atom stereocenters. The Hall–Kier alpha value is -3.75. The summed E-state index contributed by atoms with van der Waals surface area (Å²) in [6, 6.07) is 11.6. The van der Waals surface area contributed by atoms with Crippen molar-refractivity contribution < 1.29 is 23.8 Å². The van der Waals surface area contributed by atoms with Crippen LogP contribution in [0.25, 0.3) is 0 Å². The number of urea groups is 1. The van der Waals surface area contributed by atoms with E-state index in [4.69, 9.17) is 14.2 Å². The maximum atomic E-state index is 11.8. The van der Waals surface area contributed by atoms with E-state index in [9.17, 15) is 9.59 Å². The van der Waals surface area contributed by atoms with Crippen molar-refractivity contribution in [3.8, 4) is 17.2 Å². The molecule has 1 aliphatic heterocycles. The zero-order valence-electron chi connectivity index (χ0n) is 14.5. The molecule has 27 heavy (non-hydrogen) atoms. The Morgan fingerprint density at radius 3 is 2.70 bits per heavy atom. The van der Waals surface area contributed by atoms with Crippen LogP contribution in [0.1, 0.15) is 5.56 Å². The summed E-state index contributed by atoms with van der Waals surface area (Å²) in [5.74, 6) is 1.52. The van der Waals surface area contributed by atoms with Crippen LogP contribution in [0.4, 0.5) is 10.5 Å². The molecule has 0 fully saturated rings. The van der Waals surface area contributed by atoms with Crippen LogP contribution in [0, 0.1) is 0 Å². The molecule has 0 saturated heterocycles. The number of rotatable bonds is 6. The highest BCUT2D eigenvalue weighted by atomic mass is 16.7. The van der Waals surface area contributed by atoms with Crippen LogP contribution in [-0.4, -0.2) is 38.6 Å². The van der Waals surface area contributed by atoms with Crippen LogP contribution in [0.5, 0.6) is 17.2 Å². The Morgan fingerprint density at radius 2 is 1.93 bits per heavy atom. The van der Waals surface area contributed by atoms with Crippen molar-refractivity contribution in [2.24, 2.45) is 5.10 Å². The molecule has 0 aliphatic carbocycles. The number of nitrogens with zero attached hydrogens (tertiary/aromatic N) is 1. The number of benzene rings is 2. The number of anilines is 1. The van der Waals surface area contributed by atoms with E-state index in [1.54, 1.807) is 49.6 Å². The van der Waals surface area contributed by atoms with Crippen molar-refractivity contribution in [3.63, 3.8) is 0 Å². The molecule has 0 aromatic heterocycles. The van der Waals surface area contributed by atoms with Crippen LogP contribution in [0.15, 0.2) is 47.6 Å². The lowest BCUT2D eigenvalue weighted by atomic mass is 10.2. The fourth-order valence-corrected chi connectivity index (χ4v) is 2.22. The first-order valence-electron chi connectivity index (χ1n) is 8.04. The van der Waals surface area contributed by atoms with Gasteiger partial charge in [-0.15, -0.1) is 0 Å². The van der Waals surface area contributed by atoms with Crippen LogP contribution in [-0.2, 0) is 4.79 Å². The van der Waals surface area contributed by atoms with Gasteiger partial charge in [0.1, 0.15) is 12.3 Å². The molecular weight excluding hydrogens is 352 g/mol. The van der Waals surface area contributed by atoms with Gasteiger partial charge in [0.15, 0.2) is 11.5 Å². The number of hydrazone groups is 1. The largest absolute Gasteiger partial charge is 0.497 e. The van der Waals surface area contributed by atoms with Gasteiger partial charge in [-0.25, -0.2) is 10.2 Å². The average Bonchev–Trinajstić information content (AvgIpc) is 3.15. The molecule has 1 heterocycles. The molecule has 2 aromatic carbocycles. The second-order valence-corrected chi connectivity index (χ2v) is 5.44. The lowest BCUT2D eigenvalue weighted by molar-refractivity contribution is -0.120. The number of fused-ring (bicyclic) bond motifs is 1. The molecule has 0 bridgehead atoms. The van der Waals surface area contributed by atoms with Gasteiger partial charge in [-0.05, 0) is 48.0 Å². The highest BCUT2D eigenvalue weighted by Crippen LogP contribution is 2.31. The Labute approximate surface area is 155 Å². The molecule has 2 aromatic rings. The van der Waals surface area contributed by atoms with Crippen molar-refractivity contribution in [2.75, 3.05) is 25.8 Å². The Bertz CT molecular complexity index is 851. The predicted octanol–water partition coefficient (Wildman–Crippen LogP) is 1.70. The third kappa shape index (κ3) is 5.11. The fraction of sp³-hybridized carbons (Fsp3) is 0.167. The van der Waals surface area contributed by atoms with E-state index < -0.39 is 11.9 Å². The van der Waals surface area contributed by atoms with E-state index in [2.05, 4.69) is 21.2 Å². The number of amides is 3. The number of nitrogens with one attached hydrogen (secondary N) is 3. The molecule has 1 aliphatic rings.